The van der Waals surface area contributed by atoms with Gasteiger partial charge in [0.1, 0.15) is 0 Å². The smallest absolute Gasteiger partial charge is 0.282 e. The van der Waals surface area contributed by atoms with Gasteiger partial charge in [0.2, 0.25) is 0 Å². The molecule has 1 aliphatic heterocycles. The highest BCUT2D eigenvalue weighted by Gasteiger charge is 2.35. The third kappa shape index (κ3) is 3.39. The molecule has 96 valence electrons. The molecule has 7 heteroatoms. The quantitative estimate of drug-likeness (QED) is 0.640. The Morgan fingerprint density at radius 1 is 1.19 bits per heavy atom. The van der Waals surface area contributed by atoms with Gasteiger partial charge in [0.05, 0.1) is 0 Å². The summed E-state index contributed by atoms with van der Waals surface area (Å²) in [4.78, 5) is 1.98. The normalized spacial score (nSPS) is 22.0. The van der Waals surface area contributed by atoms with Gasteiger partial charge in [0, 0.05) is 32.7 Å². The van der Waals surface area contributed by atoms with Crippen molar-refractivity contribution in [3.8, 4) is 0 Å². The van der Waals surface area contributed by atoms with E-state index in [-0.39, 0.29) is 0 Å². The molecule has 0 amide bonds. The first kappa shape index (κ1) is 13.9. The summed E-state index contributed by atoms with van der Waals surface area (Å²) in [5.41, 5.74) is 5.39. The number of hydrogen-bond acceptors (Lipinski definition) is 4. The zero-order valence-electron chi connectivity index (χ0n) is 10.1. The highest BCUT2D eigenvalue weighted by molar-refractivity contribution is 7.87. The third-order valence-corrected chi connectivity index (χ3v) is 4.70. The van der Waals surface area contributed by atoms with E-state index >= 15 is 0 Å². The lowest BCUT2D eigenvalue weighted by Crippen LogP contribution is -2.37. The summed E-state index contributed by atoms with van der Waals surface area (Å²) >= 11 is 0. The van der Waals surface area contributed by atoms with Gasteiger partial charge in [-0.3, -0.25) is 0 Å². The maximum absolute atomic E-state index is 12.0. The number of nitrogens with zero attached hydrogens (tertiary/aromatic N) is 3. The first-order valence-electron chi connectivity index (χ1n) is 5.58. The van der Waals surface area contributed by atoms with Crippen LogP contribution in [0.5, 0.6) is 0 Å². The Balaban J connectivity index is 2.51. The van der Waals surface area contributed by atoms with Gasteiger partial charge in [0.15, 0.2) is 0 Å². The zero-order valence-corrected chi connectivity index (χ0v) is 10.9. The van der Waals surface area contributed by atoms with Crippen LogP contribution in [0, 0.1) is 0 Å². The molecule has 0 bridgehead atoms. The third-order valence-electron chi connectivity index (χ3n) is 2.66. The van der Waals surface area contributed by atoms with Crippen LogP contribution in [-0.2, 0) is 10.2 Å². The molecule has 1 fully saturated rings. The molecule has 0 atom stereocenters. The van der Waals surface area contributed by atoms with Gasteiger partial charge < -0.3 is 10.6 Å². The molecule has 0 aromatic rings. The second kappa shape index (κ2) is 5.92. The first-order valence-corrected chi connectivity index (χ1v) is 6.98. The molecule has 1 saturated heterocycles. The fourth-order valence-corrected chi connectivity index (χ4v) is 3.27. The minimum atomic E-state index is -3.21. The summed E-state index contributed by atoms with van der Waals surface area (Å²) in [6.07, 6.45) is 0.723. The Hall–Kier alpha value is -0.210. The van der Waals surface area contributed by atoms with E-state index in [1.807, 2.05) is 19.0 Å². The van der Waals surface area contributed by atoms with Crippen molar-refractivity contribution in [1.29, 1.82) is 0 Å². The van der Waals surface area contributed by atoms with Gasteiger partial charge in [-0.05, 0) is 27.1 Å². The van der Waals surface area contributed by atoms with Gasteiger partial charge in [-0.2, -0.15) is 17.0 Å². The molecular formula is C9H22N4O2S. The van der Waals surface area contributed by atoms with Crippen molar-refractivity contribution in [3.05, 3.63) is 0 Å². The fourth-order valence-electron chi connectivity index (χ4n) is 1.65. The molecule has 2 N–H and O–H groups in total. The number of rotatable bonds is 6. The lowest BCUT2D eigenvalue weighted by atomic mass is 10.4. The van der Waals surface area contributed by atoms with E-state index < -0.39 is 10.2 Å². The van der Waals surface area contributed by atoms with Crippen LogP contribution >= 0.6 is 0 Å². The second-order valence-electron chi connectivity index (χ2n) is 4.25. The van der Waals surface area contributed by atoms with Gasteiger partial charge in [-0.25, -0.2) is 0 Å². The Kier molecular flexibility index (Phi) is 5.13. The zero-order chi connectivity index (χ0) is 12.2. The molecule has 1 aliphatic rings. The standard InChI is InChI=1S/C9H22N4O2S/c1-11(2)6-7-13-9-8-12(5-3-4-10)16(13,14)15/h3-10H2,1-2H3. The Labute approximate surface area is 98.2 Å². The highest BCUT2D eigenvalue weighted by Crippen LogP contribution is 2.15. The van der Waals surface area contributed by atoms with Crippen molar-refractivity contribution in [3.63, 3.8) is 0 Å². The predicted molar refractivity (Wildman–Crippen MR) is 64.3 cm³/mol. The first-order chi connectivity index (χ1) is 7.48. The second-order valence-corrected chi connectivity index (χ2v) is 6.18. The summed E-state index contributed by atoms with van der Waals surface area (Å²) in [6, 6.07) is 0. The summed E-state index contributed by atoms with van der Waals surface area (Å²) in [7, 11) is 0.667. The molecular weight excluding hydrogens is 228 g/mol. The summed E-state index contributed by atoms with van der Waals surface area (Å²) < 4.78 is 27.1. The highest BCUT2D eigenvalue weighted by atomic mass is 32.2. The minimum absolute atomic E-state index is 0.531. The number of nitrogens with two attached hydrogens (primary N) is 1. The monoisotopic (exact) mass is 250 g/mol. The topological polar surface area (TPSA) is 69.9 Å². The summed E-state index contributed by atoms with van der Waals surface area (Å²) in [5, 5.41) is 0. The summed E-state index contributed by atoms with van der Waals surface area (Å²) in [5.74, 6) is 0. The molecule has 0 aromatic carbocycles. The van der Waals surface area contributed by atoms with Crippen LogP contribution in [-0.4, -0.2) is 75.3 Å². The maximum atomic E-state index is 12.0. The van der Waals surface area contributed by atoms with Crippen molar-refractivity contribution >= 4 is 10.2 Å². The Morgan fingerprint density at radius 2 is 1.75 bits per heavy atom. The molecule has 16 heavy (non-hydrogen) atoms. The average Bonchev–Trinajstić information content (AvgIpc) is 2.47. The maximum Gasteiger partial charge on any atom is 0.282 e. The van der Waals surface area contributed by atoms with Crippen LogP contribution < -0.4 is 5.73 Å². The van der Waals surface area contributed by atoms with E-state index in [4.69, 9.17) is 5.73 Å². The van der Waals surface area contributed by atoms with Crippen LogP contribution in [0.15, 0.2) is 0 Å². The van der Waals surface area contributed by atoms with Crippen LogP contribution in [0.1, 0.15) is 6.42 Å². The molecule has 0 aliphatic carbocycles. The SMILES string of the molecule is CN(C)CCN1CCN(CCCN)S1(=O)=O. The van der Waals surface area contributed by atoms with E-state index in [0.29, 0.717) is 32.7 Å². The predicted octanol–water partition coefficient (Wildman–Crippen LogP) is -1.24. The average molecular weight is 250 g/mol. The largest absolute Gasteiger partial charge is 0.330 e. The van der Waals surface area contributed by atoms with E-state index in [9.17, 15) is 8.42 Å². The van der Waals surface area contributed by atoms with Crippen molar-refractivity contribution in [2.75, 3.05) is 53.4 Å². The molecule has 0 saturated carbocycles. The van der Waals surface area contributed by atoms with Gasteiger partial charge in [0.25, 0.3) is 10.2 Å². The molecule has 0 unspecified atom stereocenters. The lowest BCUT2D eigenvalue weighted by Gasteiger charge is -2.19. The van der Waals surface area contributed by atoms with E-state index in [1.54, 1.807) is 4.31 Å². The van der Waals surface area contributed by atoms with Gasteiger partial charge >= 0.3 is 0 Å². The molecule has 0 aromatic heterocycles. The van der Waals surface area contributed by atoms with Crippen LogP contribution in [0.25, 0.3) is 0 Å². The Bertz CT molecular complexity index is 305. The van der Waals surface area contributed by atoms with Crippen molar-refractivity contribution in [1.82, 2.24) is 13.5 Å². The Morgan fingerprint density at radius 3 is 2.25 bits per heavy atom. The van der Waals surface area contributed by atoms with E-state index in [0.717, 1.165) is 13.0 Å². The molecule has 1 rings (SSSR count). The summed E-state index contributed by atoms with van der Waals surface area (Å²) in [6.45, 7) is 3.58. The van der Waals surface area contributed by atoms with E-state index in [1.165, 1.54) is 4.31 Å². The van der Waals surface area contributed by atoms with Crippen molar-refractivity contribution < 1.29 is 8.42 Å². The molecule has 6 nitrogen and oxygen atoms in total. The van der Waals surface area contributed by atoms with Crippen LogP contribution in [0.3, 0.4) is 0 Å². The van der Waals surface area contributed by atoms with Gasteiger partial charge in [-0.1, -0.05) is 0 Å². The van der Waals surface area contributed by atoms with Crippen molar-refractivity contribution in [2.24, 2.45) is 5.73 Å². The minimum Gasteiger partial charge on any atom is -0.330 e. The van der Waals surface area contributed by atoms with E-state index in [2.05, 4.69) is 0 Å². The molecule has 0 spiro atoms. The lowest BCUT2D eigenvalue weighted by molar-refractivity contribution is 0.348. The van der Waals surface area contributed by atoms with Gasteiger partial charge in [-0.15, -0.1) is 0 Å². The fraction of sp³-hybridized carbons (Fsp3) is 1.00. The number of likely N-dealkylation sites (N-methyl/N-ethyl adjacent to an activating group) is 1. The molecule has 0 radical (unpaired) electrons. The number of hydrogen-bond donors (Lipinski definition) is 1. The van der Waals surface area contributed by atoms with Crippen molar-refractivity contribution in [2.45, 2.75) is 6.42 Å². The van der Waals surface area contributed by atoms with Crippen LogP contribution in [0.2, 0.25) is 0 Å². The van der Waals surface area contributed by atoms with Crippen LogP contribution in [0.4, 0.5) is 0 Å². The molecule has 1 heterocycles.